The third kappa shape index (κ3) is 6.00. The molecule has 5 heteroatoms. The molecule has 1 aliphatic carbocycles. The van der Waals surface area contributed by atoms with Crippen LogP contribution in [0.25, 0.3) is 0 Å². The Labute approximate surface area is 136 Å². The van der Waals surface area contributed by atoms with Crippen LogP contribution in [0.2, 0.25) is 0 Å². The predicted octanol–water partition coefficient (Wildman–Crippen LogP) is 3.47. The number of benzene rings is 1. The molecule has 4 nitrogen and oxygen atoms in total. The SMILES string of the molecule is O=C(O)CCCCCCCNC(=O)C1CC1c1ccc(F)cc1. The molecule has 0 aromatic heterocycles. The highest BCUT2D eigenvalue weighted by molar-refractivity contribution is 5.82. The number of carboxylic acids is 1. The molecule has 1 fully saturated rings. The van der Waals surface area contributed by atoms with Crippen LogP contribution in [0.5, 0.6) is 0 Å². The number of carbonyl (C=O) groups excluding carboxylic acids is 1. The fourth-order valence-electron chi connectivity index (χ4n) is 2.84. The normalized spacial score (nSPS) is 19.3. The van der Waals surface area contributed by atoms with Gasteiger partial charge in [0.25, 0.3) is 0 Å². The minimum atomic E-state index is -0.739. The standard InChI is InChI=1S/C18H24FNO3/c19-14-9-7-13(8-10-14)15-12-16(15)18(23)20-11-5-3-1-2-4-6-17(21)22/h7-10,15-16H,1-6,11-12H2,(H,20,23)(H,21,22). The van der Waals surface area contributed by atoms with Gasteiger partial charge in [0.05, 0.1) is 0 Å². The van der Waals surface area contributed by atoms with E-state index in [0.717, 1.165) is 44.1 Å². The molecule has 0 heterocycles. The van der Waals surface area contributed by atoms with Gasteiger partial charge in [0, 0.05) is 18.9 Å². The van der Waals surface area contributed by atoms with Gasteiger partial charge in [0.1, 0.15) is 5.82 Å². The maximum absolute atomic E-state index is 12.9. The monoisotopic (exact) mass is 321 g/mol. The lowest BCUT2D eigenvalue weighted by Gasteiger charge is -2.05. The zero-order valence-electron chi connectivity index (χ0n) is 13.3. The lowest BCUT2D eigenvalue weighted by atomic mass is 10.1. The molecule has 2 unspecified atom stereocenters. The number of carboxylic acid groups (broad SMARTS) is 1. The van der Waals surface area contributed by atoms with Crippen molar-refractivity contribution in [2.45, 2.75) is 50.9 Å². The van der Waals surface area contributed by atoms with Gasteiger partial charge in [-0.3, -0.25) is 9.59 Å². The van der Waals surface area contributed by atoms with E-state index >= 15 is 0 Å². The van der Waals surface area contributed by atoms with Crippen molar-refractivity contribution in [3.63, 3.8) is 0 Å². The fourth-order valence-corrected chi connectivity index (χ4v) is 2.84. The second kappa shape index (κ2) is 8.65. The number of unbranched alkanes of at least 4 members (excludes halogenated alkanes) is 4. The summed E-state index contributed by atoms with van der Waals surface area (Å²) in [6.07, 6.45) is 5.66. The minimum Gasteiger partial charge on any atom is -0.481 e. The first-order valence-corrected chi connectivity index (χ1v) is 8.33. The van der Waals surface area contributed by atoms with Crippen molar-refractivity contribution in [1.29, 1.82) is 0 Å². The quantitative estimate of drug-likeness (QED) is 0.648. The summed E-state index contributed by atoms with van der Waals surface area (Å²) in [7, 11) is 0. The summed E-state index contributed by atoms with van der Waals surface area (Å²) in [6, 6.07) is 6.38. The van der Waals surface area contributed by atoms with Crippen molar-refractivity contribution >= 4 is 11.9 Å². The molecule has 1 aromatic carbocycles. The van der Waals surface area contributed by atoms with E-state index in [0.29, 0.717) is 6.54 Å². The van der Waals surface area contributed by atoms with E-state index in [2.05, 4.69) is 5.32 Å². The van der Waals surface area contributed by atoms with Crippen molar-refractivity contribution in [3.05, 3.63) is 35.6 Å². The van der Waals surface area contributed by atoms with E-state index in [1.165, 1.54) is 12.1 Å². The molecule has 0 bridgehead atoms. The van der Waals surface area contributed by atoms with Crippen molar-refractivity contribution in [3.8, 4) is 0 Å². The van der Waals surface area contributed by atoms with E-state index in [1.54, 1.807) is 12.1 Å². The van der Waals surface area contributed by atoms with Crippen molar-refractivity contribution in [2.24, 2.45) is 5.92 Å². The van der Waals surface area contributed by atoms with Gasteiger partial charge in [0.15, 0.2) is 0 Å². The fraction of sp³-hybridized carbons (Fsp3) is 0.556. The molecule has 2 N–H and O–H groups in total. The molecule has 126 valence electrons. The zero-order valence-corrected chi connectivity index (χ0v) is 13.3. The number of nitrogens with one attached hydrogen (secondary N) is 1. The summed E-state index contributed by atoms with van der Waals surface area (Å²) in [5.74, 6) is -0.649. The topological polar surface area (TPSA) is 66.4 Å². The summed E-state index contributed by atoms with van der Waals surface area (Å²) in [4.78, 5) is 22.4. The van der Waals surface area contributed by atoms with Gasteiger partial charge in [-0.15, -0.1) is 0 Å². The van der Waals surface area contributed by atoms with E-state index in [1.807, 2.05) is 0 Å². The van der Waals surface area contributed by atoms with E-state index in [4.69, 9.17) is 5.11 Å². The zero-order chi connectivity index (χ0) is 16.7. The van der Waals surface area contributed by atoms with Crippen molar-refractivity contribution < 1.29 is 19.1 Å². The van der Waals surface area contributed by atoms with Crippen LogP contribution in [-0.2, 0) is 9.59 Å². The molecule has 0 radical (unpaired) electrons. The average Bonchev–Trinajstić information content (AvgIpc) is 3.31. The van der Waals surface area contributed by atoms with Crippen molar-refractivity contribution in [1.82, 2.24) is 5.32 Å². The second-order valence-electron chi connectivity index (χ2n) is 6.20. The van der Waals surface area contributed by atoms with E-state index in [-0.39, 0.29) is 30.0 Å². The Morgan fingerprint density at radius 1 is 1.09 bits per heavy atom. The summed E-state index contributed by atoms with van der Waals surface area (Å²) in [5.41, 5.74) is 1.03. The van der Waals surface area contributed by atoms with Gasteiger partial charge in [0.2, 0.25) is 5.91 Å². The number of aliphatic carboxylic acids is 1. The van der Waals surface area contributed by atoms with Gasteiger partial charge in [-0.25, -0.2) is 4.39 Å². The Morgan fingerprint density at radius 3 is 2.43 bits per heavy atom. The molecule has 2 atom stereocenters. The lowest BCUT2D eigenvalue weighted by Crippen LogP contribution is -2.26. The van der Waals surface area contributed by atoms with Crippen LogP contribution in [-0.4, -0.2) is 23.5 Å². The molecule has 0 spiro atoms. The van der Waals surface area contributed by atoms with Gasteiger partial charge in [-0.05, 0) is 42.9 Å². The van der Waals surface area contributed by atoms with Gasteiger partial charge in [-0.2, -0.15) is 0 Å². The Balaban J connectivity index is 1.53. The van der Waals surface area contributed by atoms with Crippen LogP contribution in [0.4, 0.5) is 4.39 Å². The number of halogens is 1. The molecule has 0 aliphatic heterocycles. The number of hydrogen-bond donors (Lipinski definition) is 2. The summed E-state index contributed by atoms with van der Waals surface area (Å²) in [6.45, 7) is 0.671. The maximum atomic E-state index is 12.9. The first-order chi connectivity index (χ1) is 11.1. The summed E-state index contributed by atoms with van der Waals surface area (Å²) >= 11 is 0. The molecular formula is C18H24FNO3. The molecule has 1 aromatic rings. The molecule has 1 amide bonds. The third-order valence-corrected chi connectivity index (χ3v) is 4.29. The number of amides is 1. The Morgan fingerprint density at radius 2 is 1.74 bits per heavy atom. The Hall–Kier alpha value is -1.91. The second-order valence-corrected chi connectivity index (χ2v) is 6.20. The minimum absolute atomic E-state index is 0.0241. The maximum Gasteiger partial charge on any atom is 0.303 e. The highest BCUT2D eigenvalue weighted by atomic mass is 19.1. The first-order valence-electron chi connectivity index (χ1n) is 8.33. The molecule has 0 saturated heterocycles. The lowest BCUT2D eigenvalue weighted by molar-refractivity contribution is -0.137. The van der Waals surface area contributed by atoms with Crippen LogP contribution in [0.1, 0.15) is 56.4 Å². The largest absolute Gasteiger partial charge is 0.481 e. The van der Waals surface area contributed by atoms with Crippen LogP contribution in [0, 0.1) is 11.7 Å². The van der Waals surface area contributed by atoms with Gasteiger partial charge >= 0.3 is 5.97 Å². The van der Waals surface area contributed by atoms with Gasteiger partial charge in [-0.1, -0.05) is 31.4 Å². The average molecular weight is 321 g/mol. The molecule has 2 rings (SSSR count). The Kier molecular flexibility index (Phi) is 6.56. The third-order valence-electron chi connectivity index (χ3n) is 4.29. The highest BCUT2D eigenvalue weighted by Gasteiger charge is 2.43. The van der Waals surface area contributed by atoms with Crippen LogP contribution >= 0.6 is 0 Å². The smallest absolute Gasteiger partial charge is 0.303 e. The summed E-state index contributed by atoms with van der Waals surface area (Å²) in [5, 5.41) is 11.5. The highest BCUT2D eigenvalue weighted by Crippen LogP contribution is 2.47. The molecule has 23 heavy (non-hydrogen) atoms. The predicted molar refractivity (Wildman–Crippen MR) is 85.6 cm³/mol. The number of rotatable bonds is 10. The van der Waals surface area contributed by atoms with Crippen LogP contribution < -0.4 is 5.32 Å². The summed E-state index contributed by atoms with van der Waals surface area (Å²) < 4.78 is 12.9. The van der Waals surface area contributed by atoms with Crippen LogP contribution in [0.3, 0.4) is 0 Å². The van der Waals surface area contributed by atoms with Gasteiger partial charge < -0.3 is 10.4 Å². The van der Waals surface area contributed by atoms with E-state index in [9.17, 15) is 14.0 Å². The van der Waals surface area contributed by atoms with E-state index < -0.39 is 5.97 Å². The van der Waals surface area contributed by atoms with Crippen LogP contribution in [0.15, 0.2) is 24.3 Å². The number of carbonyl (C=O) groups is 2. The van der Waals surface area contributed by atoms with Crippen molar-refractivity contribution in [2.75, 3.05) is 6.54 Å². The number of hydrogen-bond acceptors (Lipinski definition) is 2. The first kappa shape index (κ1) is 17.4. The molecule has 1 saturated carbocycles. The molecule has 1 aliphatic rings. The Bertz CT molecular complexity index is 530. The molecular weight excluding hydrogens is 297 g/mol.